The van der Waals surface area contributed by atoms with Crippen LogP contribution in [0.15, 0.2) is 78.6 Å². The molecule has 1 saturated heterocycles. The average molecular weight is 460 g/mol. The Morgan fingerprint density at radius 1 is 1.09 bits per heavy atom. The number of benzene rings is 1. The lowest BCUT2D eigenvalue weighted by molar-refractivity contribution is 0.0169. The van der Waals surface area contributed by atoms with Crippen LogP contribution >= 0.6 is 11.3 Å². The second kappa shape index (κ2) is 10.1. The number of ether oxygens (including phenoxy) is 1. The van der Waals surface area contributed by atoms with Gasteiger partial charge in [-0.3, -0.25) is 14.7 Å². The molecule has 1 unspecified atom stereocenters. The van der Waals surface area contributed by atoms with Crippen molar-refractivity contribution in [1.82, 2.24) is 25.0 Å². The summed E-state index contributed by atoms with van der Waals surface area (Å²) < 4.78 is 7.28. The number of hydrogen-bond donors (Lipinski definition) is 1. The Morgan fingerprint density at radius 3 is 2.67 bits per heavy atom. The van der Waals surface area contributed by atoms with Crippen LogP contribution < -0.4 is 5.32 Å². The lowest BCUT2D eigenvalue weighted by atomic mass is 10.1. The number of thiophene rings is 1. The van der Waals surface area contributed by atoms with Crippen LogP contribution in [0.5, 0.6) is 0 Å². The Morgan fingerprint density at radius 2 is 1.94 bits per heavy atom. The van der Waals surface area contributed by atoms with E-state index in [1.165, 1.54) is 4.88 Å². The van der Waals surface area contributed by atoms with Crippen LogP contribution in [0.3, 0.4) is 0 Å². The van der Waals surface area contributed by atoms with Crippen molar-refractivity contribution in [2.75, 3.05) is 32.8 Å². The number of hydrogen-bond acceptors (Lipinski definition) is 6. The quantitative estimate of drug-likeness (QED) is 0.455. The minimum absolute atomic E-state index is 0.115. The molecule has 1 fully saturated rings. The molecule has 0 spiro atoms. The summed E-state index contributed by atoms with van der Waals surface area (Å²) in [6, 6.07) is 17.9. The van der Waals surface area contributed by atoms with E-state index in [1.54, 1.807) is 34.6 Å². The highest BCUT2D eigenvalue weighted by atomic mass is 32.1. The predicted octanol–water partition coefficient (Wildman–Crippen LogP) is 3.80. The number of para-hydroxylation sites is 1. The lowest BCUT2D eigenvalue weighted by Crippen LogP contribution is -2.43. The van der Waals surface area contributed by atoms with Crippen LogP contribution in [-0.2, 0) is 4.74 Å². The van der Waals surface area contributed by atoms with Gasteiger partial charge in [0.15, 0.2) is 0 Å². The summed E-state index contributed by atoms with van der Waals surface area (Å²) in [6.45, 7) is 3.65. The fraction of sp³-hybridized carbons (Fsp3) is 0.240. The van der Waals surface area contributed by atoms with Gasteiger partial charge in [0.05, 0.1) is 30.5 Å². The fourth-order valence-corrected chi connectivity index (χ4v) is 4.89. The van der Waals surface area contributed by atoms with E-state index < -0.39 is 0 Å². The SMILES string of the molecule is O=C(NCC(c1cccs1)N1CCOCC1)c1cn(-c2ccccc2)nc1-c1cccnc1. The van der Waals surface area contributed by atoms with E-state index in [4.69, 9.17) is 9.84 Å². The zero-order chi connectivity index (χ0) is 22.5. The van der Waals surface area contributed by atoms with Crippen molar-refractivity contribution < 1.29 is 9.53 Å². The molecule has 1 amide bonds. The first kappa shape index (κ1) is 21.5. The molecule has 1 atom stereocenters. The molecule has 5 rings (SSSR count). The van der Waals surface area contributed by atoms with Gasteiger partial charge in [-0.15, -0.1) is 11.3 Å². The third kappa shape index (κ3) is 4.88. The normalized spacial score (nSPS) is 15.3. The van der Waals surface area contributed by atoms with Crippen LogP contribution in [-0.4, -0.2) is 58.4 Å². The van der Waals surface area contributed by atoms with Gasteiger partial charge in [0, 0.05) is 48.7 Å². The molecule has 3 aromatic heterocycles. The number of nitrogens with one attached hydrogen (secondary N) is 1. The number of carbonyl (C=O) groups is 1. The number of morpholine rings is 1. The van der Waals surface area contributed by atoms with Gasteiger partial charge >= 0.3 is 0 Å². The highest BCUT2D eigenvalue weighted by molar-refractivity contribution is 7.10. The van der Waals surface area contributed by atoms with Crippen molar-refractivity contribution in [3.05, 3.63) is 89.0 Å². The summed E-state index contributed by atoms with van der Waals surface area (Å²) in [7, 11) is 0. The van der Waals surface area contributed by atoms with Crippen molar-refractivity contribution in [3.63, 3.8) is 0 Å². The van der Waals surface area contributed by atoms with E-state index in [1.807, 2.05) is 42.5 Å². The number of aromatic nitrogens is 3. The maximum atomic E-state index is 13.4. The van der Waals surface area contributed by atoms with Gasteiger partial charge < -0.3 is 10.1 Å². The number of carbonyl (C=O) groups excluding carboxylic acids is 1. The van der Waals surface area contributed by atoms with E-state index in [9.17, 15) is 4.79 Å². The van der Waals surface area contributed by atoms with Gasteiger partial charge in [-0.1, -0.05) is 24.3 Å². The minimum atomic E-state index is -0.147. The van der Waals surface area contributed by atoms with Gasteiger partial charge in [-0.05, 0) is 35.7 Å². The molecule has 33 heavy (non-hydrogen) atoms. The molecule has 0 bridgehead atoms. The summed E-state index contributed by atoms with van der Waals surface area (Å²) in [5, 5.41) is 9.98. The Kier molecular flexibility index (Phi) is 6.57. The molecule has 4 aromatic rings. The number of amides is 1. The van der Waals surface area contributed by atoms with E-state index in [0.717, 1.165) is 24.3 Å². The van der Waals surface area contributed by atoms with E-state index in [-0.39, 0.29) is 11.9 Å². The first-order chi connectivity index (χ1) is 16.3. The van der Waals surface area contributed by atoms with Gasteiger partial charge in [-0.2, -0.15) is 5.10 Å². The van der Waals surface area contributed by atoms with Crippen LogP contribution in [0.25, 0.3) is 16.9 Å². The topological polar surface area (TPSA) is 72.3 Å². The Hall–Kier alpha value is -3.33. The molecule has 1 aliphatic heterocycles. The fourth-order valence-electron chi connectivity index (χ4n) is 4.03. The number of nitrogens with zero attached hydrogens (tertiary/aromatic N) is 4. The molecule has 0 saturated carbocycles. The summed E-state index contributed by atoms with van der Waals surface area (Å²) in [5.41, 5.74) is 2.84. The second-order valence-electron chi connectivity index (χ2n) is 7.80. The van der Waals surface area contributed by atoms with Crippen molar-refractivity contribution >= 4 is 17.2 Å². The van der Waals surface area contributed by atoms with Crippen LogP contribution in [0, 0.1) is 0 Å². The van der Waals surface area contributed by atoms with Crippen molar-refractivity contribution in [3.8, 4) is 16.9 Å². The standard InChI is InChI=1S/C25H25N5O2S/c31-25(27-17-22(23-9-5-15-33-23)29-11-13-32-14-12-29)21-18-30(20-7-2-1-3-8-20)28-24(21)19-6-4-10-26-16-19/h1-10,15-16,18,22H,11-14,17H2,(H,27,31). The molecule has 4 heterocycles. The lowest BCUT2D eigenvalue weighted by Gasteiger charge is -2.34. The molecule has 8 heteroatoms. The second-order valence-corrected chi connectivity index (χ2v) is 8.78. The van der Waals surface area contributed by atoms with E-state index in [0.29, 0.717) is 31.0 Å². The van der Waals surface area contributed by atoms with Crippen molar-refractivity contribution in [2.24, 2.45) is 0 Å². The van der Waals surface area contributed by atoms with Gasteiger partial charge in [0.1, 0.15) is 5.69 Å². The Labute approximate surface area is 196 Å². The van der Waals surface area contributed by atoms with Crippen LogP contribution in [0.2, 0.25) is 0 Å². The largest absolute Gasteiger partial charge is 0.379 e. The maximum absolute atomic E-state index is 13.4. The number of pyridine rings is 1. The first-order valence-electron chi connectivity index (χ1n) is 11.0. The zero-order valence-corrected chi connectivity index (χ0v) is 18.9. The van der Waals surface area contributed by atoms with Crippen molar-refractivity contribution in [1.29, 1.82) is 0 Å². The first-order valence-corrected chi connectivity index (χ1v) is 11.9. The van der Waals surface area contributed by atoms with Crippen LogP contribution in [0.4, 0.5) is 0 Å². The Bertz CT molecular complexity index is 1170. The van der Waals surface area contributed by atoms with Gasteiger partial charge in [-0.25, -0.2) is 4.68 Å². The Balaban J connectivity index is 1.42. The highest BCUT2D eigenvalue weighted by Crippen LogP contribution is 2.27. The highest BCUT2D eigenvalue weighted by Gasteiger charge is 2.25. The van der Waals surface area contributed by atoms with Crippen LogP contribution in [0.1, 0.15) is 21.3 Å². The molecule has 0 radical (unpaired) electrons. The summed E-state index contributed by atoms with van der Waals surface area (Å²) >= 11 is 1.72. The monoisotopic (exact) mass is 459 g/mol. The summed E-state index contributed by atoms with van der Waals surface area (Å²) in [5.74, 6) is -0.147. The zero-order valence-electron chi connectivity index (χ0n) is 18.1. The molecule has 1 aromatic carbocycles. The van der Waals surface area contributed by atoms with Gasteiger partial charge in [0.25, 0.3) is 5.91 Å². The molecule has 1 N–H and O–H groups in total. The summed E-state index contributed by atoms with van der Waals surface area (Å²) in [6.07, 6.45) is 5.24. The third-order valence-corrected chi connectivity index (χ3v) is 6.70. The van der Waals surface area contributed by atoms with E-state index >= 15 is 0 Å². The molecule has 0 aliphatic carbocycles. The molecular formula is C25H25N5O2S. The number of rotatable bonds is 7. The van der Waals surface area contributed by atoms with Crippen molar-refractivity contribution in [2.45, 2.75) is 6.04 Å². The van der Waals surface area contributed by atoms with E-state index in [2.05, 4.69) is 32.7 Å². The smallest absolute Gasteiger partial charge is 0.255 e. The predicted molar refractivity (Wildman–Crippen MR) is 129 cm³/mol. The average Bonchev–Trinajstić information content (AvgIpc) is 3.57. The third-order valence-electron chi connectivity index (χ3n) is 5.73. The molecular weight excluding hydrogens is 434 g/mol. The maximum Gasteiger partial charge on any atom is 0.255 e. The minimum Gasteiger partial charge on any atom is -0.379 e. The molecule has 1 aliphatic rings. The van der Waals surface area contributed by atoms with Gasteiger partial charge in [0.2, 0.25) is 0 Å². The molecule has 7 nitrogen and oxygen atoms in total. The molecule has 168 valence electrons. The summed E-state index contributed by atoms with van der Waals surface area (Å²) in [4.78, 5) is 21.3.